The Balaban J connectivity index is 0.000000656. The monoisotopic (exact) mass is 422 g/mol. The molecule has 168 valence electrons. The van der Waals surface area contributed by atoms with Gasteiger partial charge in [0, 0.05) is 31.6 Å². The highest BCUT2D eigenvalue weighted by atomic mass is 16.6. The lowest BCUT2D eigenvalue weighted by Gasteiger charge is -2.22. The zero-order valence-corrected chi connectivity index (χ0v) is 18.3. The lowest BCUT2D eigenvalue weighted by atomic mass is 9.97. The number of nitrogens with zero attached hydrogens (tertiary/aromatic N) is 1. The average molecular weight is 423 g/mol. The van der Waals surface area contributed by atoms with E-state index < -0.39 is 17.7 Å². The van der Waals surface area contributed by atoms with Crippen LogP contribution in [-0.2, 0) is 20.7 Å². The van der Waals surface area contributed by atoms with Crippen LogP contribution in [0.15, 0.2) is 18.2 Å². The van der Waals surface area contributed by atoms with E-state index in [1.54, 1.807) is 32.9 Å². The largest absolute Gasteiger partial charge is 0.458 e. The molecular weight excluding hydrogens is 388 g/mol. The van der Waals surface area contributed by atoms with Gasteiger partial charge < -0.3 is 25.2 Å². The van der Waals surface area contributed by atoms with Crippen LogP contribution in [0.2, 0.25) is 0 Å². The first kappa shape index (κ1) is 25.6. The van der Waals surface area contributed by atoms with Gasteiger partial charge >= 0.3 is 5.97 Å². The van der Waals surface area contributed by atoms with Crippen molar-refractivity contribution in [3.63, 3.8) is 0 Å². The minimum atomic E-state index is -1.24. The number of carbonyl (C=O) groups excluding carboxylic acids is 3. The standard InChI is InChI=1S/C19H27NO4.C3H7NO2/c1-13-14(12-16(21)18(23)24-19(2,3)4)8-7-9-15(13)17(22)20-10-5-6-11-20;5-2-1-4-3-6/h7-9,16,21H,5-6,10-12H2,1-4H3;3,5H,1-2H2,(H,4,6). The molecule has 1 unspecified atom stereocenters. The molecule has 0 saturated carbocycles. The number of rotatable bonds is 7. The molecular formula is C22H34N2O6. The summed E-state index contributed by atoms with van der Waals surface area (Å²) < 4.78 is 5.21. The number of hydrogen-bond acceptors (Lipinski definition) is 6. The summed E-state index contributed by atoms with van der Waals surface area (Å²) in [6.07, 6.45) is 1.54. The van der Waals surface area contributed by atoms with Gasteiger partial charge in [-0.15, -0.1) is 0 Å². The van der Waals surface area contributed by atoms with Gasteiger partial charge in [-0.2, -0.15) is 0 Å². The summed E-state index contributed by atoms with van der Waals surface area (Å²) in [5.41, 5.74) is 1.61. The van der Waals surface area contributed by atoms with Crippen LogP contribution in [0.3, 0.4) is 0 Å². The fraction of sp³-hybridized carbons (Fsp3) is 0.591. The van der Waals surface area contributed by atoms with Crippen LogP contribution < -0.4 is 5.32 Å². The highest BCUT2D eigenvalue weighted by Crippen LogP contribution is 2.20. The highest BCUT2D eigenvalue weighted by Gasteiger charge is 2.26. The van der Waals surface area contributed by atoms with Crippen molar-refractivity contribution in [2.24, 2.45) is 0 Å². The number of likely N-dealkylation sites (tertiary alicyclic amines) is 1. The Hall–Kier alpha value is -2.45. The smallest absolute Gasteiger partial charge is 0.335 e. The topological polar surface area (TPSA) is 116 Å². The first-order chi connectivity index (χ1) is 14.1. The van der Waals surface area contributed by atoms with E-state index in [1.165, 1.54) is 0 Å². The van der Waals surface area contributed by atoms with Gasteiger partial charge in [-0.25, -0.2) is 4.79 Å². The lowest BCUT2D eigenvalue weighted by molar-refractivity contribution is -0.164. The molecule has 0 bridgehead atoms. The van der Waals surface area contributed by atoms with E-state index in [9.17, 15) is 19.5 Å². The van der Waals surface area contributed by atoms with Crippen molar-refractivity contribution in [2.45, 2.75) is 58.7 Å². The Kier molecular flexibility index (Phi) is 10.5. The SMILES string of the molecule is Cc1c(CC(O)C(=O)OC(C)(C)C)cccc1C(=O)N1CCCC1.O=CNCCO. The van der Waals surface area contributed by atoms with Gasteiger partial charge in [0.15, 0.2) is 6.10 Å². The van der Waals surface area contributed by atoms with E-state index in [0.29, 0.717) is 18.5 Å². The molecule has 2 rings (SSSR count). The number of hydrogen-bond donors (Lipinski definition) is 3. The summed E-state index contributed by atoms with van der Waals surface area (Å²) in [6.45, 7) is 9.10. The van der Waals surface area contributed by atoms with Crippen molar-refractivity contribution in [3.05, 3.63) is 34.9 Å². The molecule has 8 nitrogen and oxygen atoms in total. The number of nitrogens with one attached hydrogen (secondary N) is 1. The van der Waals surface area contributed by atoms with E-state index >= 15 is 0 Å². The Labute approximate surface area is 178 Å². The van der Waals surface area contributed by atoms with Gasteiger partial charge in [-0.05, 0) is 57.7 Å². The molecule has 1 aliphatic rings. The van der Waals surface area contributed by atoms with Crippen molar-refractivity contribution in [2.75, 3.05) is 26.2 Å². The van der Waals surface area contributed by atoms with Gasteiger partial charge in [-0.3, -0.25) is 9.59 Å². The second-order valence-electron chi connectivity index (χ2n) is 8.14. The maximum absolute atomic E-state index is 12.6. The molecule has 0 spiro atoms. The number of benzene rings is 1. The second-order valence-corrected chi connectivity index (χ2v) is 8.14. The number of esters is 1. The molecule has 1 aromatic carbocycles. The van der Waals surface area contributed by atoms with Gasteiger partial charge in [-0.1, -0.05) is 12.1 Å². The molecule has 1 aromatic rings. The van der Waals surface area contributed by atoms with E-state index in [-0.39, 0.29) is 18.9 Å². The van der Waals surface area contributed by atoms with Crippen molar-refractivity contribution >= 4 is 18.3 Å². The van der Waals surface area contributed by atoms with Gasteiger partial charge in [0.05, 0.1) is 6.61 Å². The second kappa shape index (κ2) is 12.3. The van der Waals surface area contributed by atoms with Gasteiger partial charge in [0.2, 0.25) is 6.41 Å². The van der Waals surface area contributed by atoms with E-state index in [4.69, 9.17) is 9.84 Å². The molecule has 1 heterocycles. The fourth-order valence-corrected chi connectivity index (χ4v) is 3.01. The third-order valence-corrected chi connectivity index (χ3v) is 4.50. The number of aliphatic hydroxyl groups excluding tert-OH is 2. The summed E-state index contributed by atoms with van der Waals surface area (Å²) in [5.74, 6) is -0.614. The Morgan fingerprint density at radius 2 is 1.90 bits per heavy atom. The zero-order valence-electron chi connectivity index (χ0n) is 18.3. The molecule has 0 aliphatic carbocycles. The van der Waals surface area contributed by atoms with E-state index in [2.05, 4.69) is 5.32 Å². The summed E-state index contributed by atoms with van der Waals surface area (Å²) in [6, 6.07) is 5.44. The Morgan fingerprint density at radius 3 is 2.40 bits per heavy atom. The van der Waals surface area contributed by atoms with Crippen LogP contribution >= 0.6 is 0 Å². The summed E-state index contributed by atoms with van der Waals surface area (Å²) in [5, 5.41) is 20.4. The van der Waals surface area contributed by atoms with Crippen molar-refractivity contribution < 1.29 is 29.3 Å². The maximum Gasteiger partial charge on any atom is 0.335 e. The van der Waals surface area contributed by atoms with Crippen LogP contribution in [0, 0.1) is 6.92 Å². The Morgan fingerprint density at radius 1 is 1.27 bits per heavy atom. The lowest BCUT2D eigenvalue weighted by Crippen LogP contribution is -2.33. The fourth-order valence-electron chi connectivity index (χ4n) is 3.01. The van der Waals surface area contributed by atoms with Crippen LogP contribution in [0.25, 0.3) is 0 Å². The number of amides is 2. The van der Waals surface area contributed by atoms with Crippen LogP contribution in [-0.4, -0.2) is 71.3 Å². The Bertz CT molecular complexity index is 708. The number of ether oxygens (including phenoxy) is 1. The quantitative estimate of drug-likeness (QED) is 0.345. The third kappa shape index (κ3) is 8.51. The van der Waals surface area contributed by atoms with Crippen molar-refractivity contribution in [3.8, 4) is 0 Å². The maximum atomic E-state index is 12.6. The highest BCUT2D eigenvalue weighted by molar-refractivity contribution is 5.96. The van der Waals surface area contributed by atoms with Gasteiger partial charge in [0.25, 0.3) is 5.91 Å². The van der Waals surface area contributed by atoms with Crippen molar-refractivity contribution in [1.82, 2.24) is 10.2 Å². The first-order valence-electron chi connectivity index (χ1n) is 10.2. The first-order valence-corrected chi connectivity index (χ1v) is 10.2. The molecule has 8 heteroatoms. The average Bonchev–Trinajstić information content (AvgIpc) is 3.21. The molecule has 0 radical (unpaired) electrons. The van der Waals surface area contributed by atoms with Crippen LogP contribution in [0.5, 0.6) is 0 Å². The van der Waals surface area contributed by atoms with Crippen molar-refractivity contribution in [1.29, 1.82) is 0 Å². The number of aliphatic hydroxyl groups is 2. The molecule has 2 amide bonds. The molecule has 3 N–H and O–H groups in total. The summed E-state index contributed by atoms with van der Waals surface area (Å²) >= 11 is 0. The summed E-state index contributed by atoms with van der Waals surface area (Å²) in [7, 11) is 0. The molecule has 30 heavy (non-hydrogen) atoms. The van der Waals surface area contributed by atoms with Crippen LogP contribution in [0.4, 0.5) is 0 Å². The number of carbonyl (C=O) groups is 3. The molecule has 1 aliphatic heterocycles. The van der Waals surface area contributed by atoms with E-state index in [0.717, 1.165) is 37.1 Å². The molecule has 1 saturated heterocycles. The summed E-state index contributed by atoms with van der Waals surface area (Å²) in [4.78, 5) is 35.8. The zero-order chi connectivity index (χ0) is 22.7. The van der Waals surface area contributed by atoms with Crippen LogP contribution in [0.1, 0.15) is 55.1 Å². The molecule has 1 fully saturated rings. The predicted molar refractivity (Wildman–Crippen MR) is 113 cm³/mol. The minimum absolute atomic E-state index is 0.0126. The minimum Gasteiger partial charge on any atom is -0.458 e. The van der Waals surface area contributed by atoms with E-state index in [1.807, 2.05) is 17.9 Å². The normalized spacial score (nSPS) is 14.4. The predicted octanol–water partition coefficient (Wildman–Crippen LogP) is 1.20. The molecule has 0 aromatic heterocycles. The molecule has 1 atom stereocenters. The van der Waals surface area contributed by atoms with Gasteiger partial charge in [0.1, 0.15) is 5.60 Å². The third-order valence-electron chi connectivity index (χ3n) is 4.50.